The summed E-state index contributed by atoms with van der Waals surface area (Å²) in [5.74, 6) is -1.11. The predicted octanol–water partition coefficient (Wildman–Crippen LogP) is 4.34. The fourth-order valence-electron chi connectivity index (χ4n) is 1.74. The van der Waals surface area contributed by atoms with Crippen molar-refractivity contribution in [1.82, 2.24) is 0 Å². The maximum absolute atomic E-state index is 13.5. The summed E-state index contributed by atoms with van der Waals surface area (Å²) < 4.78 is 31.9. The van der Waals surface area contributed by atoms with E-state index in [1.54, 1.807) is 24.3 Å². The second kappa shape index (κ2) is 6.62. The van der Waals surface area contributed by atoms with Gasteiger partial charge in [-0.1, -0.05) is 6.58 Å². The number of rotatable bonds is 6. The summed E-state index contributed by atoms with van der Waals surface area (Å²) in [4.78, 5) is 0. The van der Waals surface area contributed by atoms with E-state index in [4.69, 9.17) is 10.1 Å². The first-order valence-electron chi connectivity index (χ1n) is 6.24. The Hall–Kier alpha value is -3.02. The Morgan fingerprint density at radius 2 is 1.86 bits per heavy atom. The van der Waals surface area contributed by atoms with E-state index in [2.05, 4.69) is 18.4 Å². The van der Waals surface area contributed by atoms with Gasteiger partial charge in [-0.3, -0.25) is 0 Å². The molecule has 0 fully saturated rings. The summed E-state index contributed by atoms with van der Waals surface area (Å²) in [5, 5.41) is 12.3. The van der Waals surface area contributed by atoms with Crippen molar-refractivity contribution < 1.29 is 13.5 Å². The van der Waals surface area contributed by atoms with Crippen molar-refractivity contribution in [2.45, 2.75) is 0 Å². The van der Waals surface area contributed by atoms with Gasteiger partial charge in [-0.25, -0.2) is 13.8 Å². The number of nitrogens with one attached hydrogen (secondary N) is 1. The summed E-state index contributed by atoms with van der Waals surface area (Å²) in [7, 11) is 0. The Morgan fingerprint density at radius 3 is 2.45 bits per heavy atom. The van der Waals surface area contributed by atoms with Crippen LogP contribution in [0.2, 0.25) is 0 Å². The zero-order chi connectivity index (χ0) is 16.1. The molecule has 0 bridgehead atoms. The van der Waals surface area contributed by atoms with Gasteiger partial charge in [0.05, 0.1) is 11.4 Å². The topological polar surface area (TPSA) is 48.7 Å². The number of hydrogen-bond donors (Lipinski definition) is 1. The van der Waals surface area contributed by atoms with Crippen LogP contribution in [-0.2, 0) is 0 Å². The van der Waals surface area contributed by atoms with Gasteiger partial charge in [0, 0.05) is 19.0 Å². The standard InChI is InChI=1S/C16H13F2N3O/c1-11(10-19)21(20-2)13-4-6-14(7-5-13)22-16-9-12(17)3-8-15(16)18/h3-10,19H,1-2H2. The molecule has 0 radical (unpaired) electrons. The molecule has 0 saturated heterocycles. The number of anilines is 1. The van der Waals surface area contributed by atoms with Gasteiger partial charge in [0.25, 0.3) is 0 Å². The molecule has 6 heteroatoms. The lowest BCUT2D eigenvalue weighted by Gasteiger charge is -2.18. The van der Waals surface area contributed by atoms with E-state index in [0.29, 0.717) is 17.1 Å². The van der Waals surface area contributed by atoms with E-state index in [0.717, 1.165) is 24.4 Å². The minimum atomic E-state index is -0.656. The van der Waals surface area contributed by atoms with Crippen LogP contribution in [0.3, 0.4) is 0 Å². The van der Waals surface area contributed by atoms with Crippen LogP contribution in [0.25, 0.3) is 0 Å². The van der Waals surface area contributed by atoms with Crippen LogP contribution < -0.4 is 9.75 Å². The van der Waals surface area contributed by atoms with Gasteiger partial charge in [0.1, 0.15) is 11.6 Å². The molecule has 22 heavy (non-hydrogen) atoms. The number of nitrogens with zero attached hydrogens (tertiary/aromatic N) is 2. The molecule has 0 unspecified atom stereocenters. The van der Waals surface area contributed by atoms with Crippen LogP contribution in [0.5, 0.6) is 11.5 Å². The van der Waals surface area contributed by atoms with Crippen molar-refractivity contribution in [1.29, 1.82) is 5.41 Å². The van der Waals surface area contributed by atoms with Gasteiger partial charge >= 0.3 is 0 Å². The van der Waals surface area contributed by atoms with Crippen LogP contribution in [0.1, 0.15) is 0 Å². The highest BCUT2D eigenvalue weighted by Gasteiger charge is 2.09. The Kier molecular flexibility index (Phi) is 4.63. The molecule has 0 amide bonds. The first kappa shape index (κ1) is 15.4. The first-order chi connectivity index (χ1) is 10.5. The van der Waals surface area contributed by atoms with Gasteiger partial charge in [-0.2, -0.15) is 5.10 Å². The molecule has 2 aromatic rings. The lowest BCUT2D eigenvalue weighted by Crippen LogP contribution is -2.14. The number of hydrazone groups is 1. The lowest BCUT2D eigenvalue weighted by atomic mass is 10.2. The van der Waals surface area contributed by atoms with E-state index in [1.807, 2.05) is 0 Å². The maximum atomic E-state index is 13.5. The van der Waals surface area contributed by atoms with Crippen LogP contribution >= 0.6 is 0 Å². The van der Waals surface area contributed by atoms with Crippen LogP contribution in [-0.4, -0.2) is 12.9 Å². The molecule has 0 atom stereocenters. The fourth-order valence-corrected chi connectivity index (χ4v) is 1.74. The van der Waals surface area contributed by atoms with Crippen LogP contribution in [0, 0.1) is 17.0 Å². The lowest BCUT2D eigenvalue weighted by molar-refractivity contribution is 0.436. The fraction of sp³-hybridized carbons (Fsp3) is 0. The van der Waals surface area contributed by atoms with Crippen molar-refractivity contribution in [2.75, 3.05) is 5.01 Å². The predicted molar refractivity (Wildman–Crippen MR) is 82.8 cm³/mol. The van der Waals surface area contributed by atoms with E-state index in [9.17, 15) is 8.78 Å². The SMILES string of the molecule is C=NN(C(=C)C=N)c1ccc(Oc2cc(F)ccc2F)cc1. The molecule has 4 nitrogen and oxygen atoms in total. The quantitative estimate of drug-likeness (QED) is 0.637. The van der Waals surface area contributed by atoms with Crippen molar-refractivity contribution >= 4 is 18.6 Å². The third kappa shape index (κ3) is 3.35. The number of allylic oxidation sites excluding steroid dienone is 1. The molecule has 0 aliphatic heterocycles. The summed E-state index contributed by atoms with van der Waals surface area (Å²) >= 11 is 0. The van der Waals surface area contributed by atoms with Crippen LogP contribution in [0.15, 0.2) is 59.8 Å². The van der Waals surface area contributed by atoms with Crippen molar-refractivity contribution in [3.63, 3.8) is 0 Å². The number of benzene rings is 2. The third-order valence-corrected chi connectivity index (χ3v) is 2.78. The van der Waals surface area contributed by atoms with Gasteiger partial charge in [-0.05, 0) is 36.4 Å². The summed E-state index contributed by atoms with van der Waals surface area (Å²) in [6, 6.07) is 9.38. The van der Waals surface area contributed by atoms with E-state index in [1.165, 1.54) is 5.01 Å². The highest BCUT2D eigenvalue weighted by molar-refractivity contribution is 5.81. The first-order valence-corrected chi connectivity index (χ1v) is 6.24. The molecule has 1 N–H and O–H groups in total. The Balaban J connectivity index is 2.21. The third-order valence-electron chi connectivity index (χ3n) is 2.78. The highest BCUT2D eigenvalue weighted by atomic mass is 19.1. The minimum Gasteiger partial charge on any atom is -0.454 e. The molecule has 0 aliphatic carbocycles. The Labute approximate surface area is 126 Å². The zero-order valence-corrected chi connectivity index (χ0v) is 11.6. The minimum absolute atomic E-state index is 0.199. The van der Waals surface area contributed by atoms with Crippen molar-refractivity contribution in [3.8, 4) is 11.5 Å². The average molecular weight is 301 g/mol. The van der Waals surface area contributed by atoms with E-state index < -0.39 is 11.6 Å². The highest BCUT2D eigenvalue weighted by Crippen LogP contribution is 2.27. The second-order valence-corrected chi connectivity index (χ2v) is 4.26. The van der Waals surface area contributed by atoms with Gasteiger partial charge in [-0.15, -0.1) is 0 Å². The molecule has 0 spiro atoms. The second-order valence-electron chi connectivity index (χ2n) is 4.26. The molecule has 0 saturated carbocycles. The monoisotopic (exact) mass is 301 g/mol. The van der Waals surface area contributed by atoms with Gasteiger partial charge in [0.15, 0.2) is 11.6 Å². The number of halogens is 2. The summed E-state index contributed by atoms with van der Waals surface area (Å²) in [6.45, 7) is 7.07. The average Bonchev–Trinajstić information content (AvgIpc) is 2.53. The van der Waals surface area contributed by atoms with Gasteiger partial charge < -0.3 is 10.1 Å². The molecule has 0 aromatic heterocycles. The van der Waals surface area contributed by atoms with Crippen molar-refractivity contribution in [2.24, 2.45) is 5.10 Å². The maximum Gasteiger partial charge on any atom is 0.165 e. The number of hydrogen-bond acceptors (Lipinski definition) is 4. The van der Waals surface area contributed by atoms with Gasteiger partial charge in [0.2, 0.25) is 0 Å². The normalized spacial score (nSPS) is 9.91. The Morgan fingerprint density at radius 1 is 1.18 bits per heavy atom. The number of ether oxygens (including phenoxy) is 1. The van der Waals surface area contributed by atoms with E-state index in [-0.39, 0.29) is 5.75 Å². The molecule has 0 aliphatic rings. The molecule has 0 heterocycles. The smallest absolute Gasteiger partial charge is 0.165 e. The molecular formula is C16H13F2N3O. The largest absolute Gasteiger partial charge is 0.454 e. The molecule has 2 rings (SSSR count). The van der Waals surface area contributed by atoms with Crippen LogP contribution in [0.4, 0.5) is 14.5 Å². The van der Waals surface area contributed by atoms with Crippen molar-refractivity contribution in [3.05, 3.63) is 66.4 Å². The zero-order valence-electron chi connectivity index (χ0n) is 11.6. The Bertz CT molecular complexity index is 714. The molecular weight excluding hydrogens is 288 g/mol. The summed E-state index contributed by atoms with van der Waals surface area (Å²) in [5.41, 5.74) is 0.940. The van der Waals surface area contributed by atoms with E-state index >= 15 is 0 Å². The summed E-state index contributed by atoms with van der Waals surface area (Å²) in [6.07, 6.45) is 1.04. The molecule has 112 valence electrons. The molecule has 2 aromatic carbocycles.